The van der Waals surface area contributed by atoms with Crippen molar-refractivity contribution in [2.75, 3.05) is 5.75 Å². The zero-order chi connectivity index (χ0) is 19.7. The molecule has 2 aromatic carbocycles. The zero-order valence-electron chi connectivity index (χ0n) is 15.5. The molecule has 0 spiro atoms. The molecular formula is C22H18N2O2S2. The summed E-state index contributed by atoms with van der Waals surface area (Å²) in [6.45, 7) is 3.52. The van der Waals surface area contributed by atoms with E-state index in [1.54, 1.807) is 11.5 Å². The second-order valence-corrected chi connectivity index (χ2v) is 8.41. The Morgan fingerprint density at radius 2 is 1.71 bits per heavy atom. The third kappa shape index (κ3) is 3.41. The van der Waals surface area contributed by atoms with Gasteiger partial charge in [-0.25, -0.2) is 4.98 Å². The average molecular weight is 407 g/mol. The molecule has 4 nitrogen and oxygen atoms in total. The molecule has 0 saturated heterocycles. The Morgan fingerprint density at radius 3 is 2.36 bits per heavy atom. The number of thiophene rings is 1. The number of Topliss-reactive ketones (excluding diaryl/α,β-unsaturated/α-hetero) is 1. The second kappa shape index (κ2) is 7.73. The number of hydrogen-bond acceptors (Lipinski definition) is 5. The minimum Gasteiger partial charge on any atom is -0.299 e. The Balaban J connectivity index is 1.99. The molecule has 0 amide bonds. The lowest BCUT2D eigenvalue weighted by Crippen LogP contribution is -2.22. The highest BCUT2D eigenvalue weighted by molar-refractivity contribution is 7.99. The lowest BCUT2D eigenvalue weighted by molar-refractivity contribution is -0.114. The lowest BCUT2D eigenvalue weighted by Gasteiger charge is -2.11. The number of para-hydroxylation sites is 1. The number of carbonyl (C=O) groups excluding carboxylic acids is 1. The number of aromatic nitrogens is 2. The summed E-state index contributed by atoms with van der Waals surface area (Å²) < 4.78 is 1.62. The molecule has 0 aliphatic heterocycles. The molecule has 0 saturated carbocycles. The standard InChI is InChI=1S/C22H18N2O2S2/c1-14(25)13-27-22-23-20-18(21(26)24(22)17-11-7-4-8-12-17)15(2)19(28-20)16-9-5-3-6-10-16/h3-12H,13H2,1-2H3. The maximum atomic E-state index is 13.5. The van der Waals surface area contributed by atoms with Crippen LogP contribution in [0.1, 0.15) is 12.5 Å². The summed E-state index contributed by atoms with van der Waals surface area (Å²) >= 11 is 2.82. The first-order valence-electron chi connectivity index (χ1n) is 8.85. The van der Waals surface area contributed by atoms with Crippen LogP contribution in [-0.4, -0.2) is 21.1 Å². The fourth-order valence-corrected chi connectivity index (χ4v) is 5.14. The summed E-state index contributed by atoms with van der Waals surface area (Å²) in [5.74, 6) is 0.326. The van der Waals surface area contributed by atoms with Crippen LogP contribution in [0.5, 0.6) is 0 Å². The first-order chi connectivity index (χ1) is 13.6. The number of ketones is 1. The summed E-state index contributed by atoms with van der Waals surface area (Å²) in [5, 5.41) is 1.18. The topological polar surface area (TPSA) is 52.0 Å². The van der Waals surface area contributed by atoms with E-state index in [1.807, 2.05) is 67.6 Å². The third-order valence-corrected chi connectivity index (χ3v) is 6.71. The van der Waals surface area contributed by atoms with Crippen molar-refractivity contribution in [2.24, 2.45) is 0 Å². The van der Waals surface area contributed by atoms with Crippen LogP contribution in [0.3, 0.4) is 0 Å². The predicted molar refractivity (Wildman–Crippen MR) is 117 cm³/mol. The number of rotatable bonds is 5. The molecule has 2 heterocycles. The van der Waals surface area contributed by atoms with E-state index < -0.39 is 0 Å². The molecule has 0 aliphatic carbocycles. The van der Waals surface area contributed by atoms with Gasteiger partial charge in [-0.15, -0.1) is 11.3 Å². The van der Waals surface area contributed by atoms with Crippen molar-refractivity contribution in [2.45, 2.75) is 19.0 Å². The van der Waals surface area contributed by atoms with E-state index in [2.05, 4.69) is 0 Å². The summed E-state index contributed by atoms with van der Waals surface area (Å²) in [4.78, 5) is 31.6. The van der Waals surface area contributed by atoms with Crippen molar-refractivity contribution < 1.29 is 4.79 Å². The molecule has 0 unspecified atom stereocenters. The number of aryl methyl sites for hydroxylation is 1. The Bertz CT molecular complexity index is 1210. The lowest BCUT2D eigenvalue weighted by atomic mass is 10.1. The largest absolute Gasteiger partial charge is 0.299 e. The molecule has 140 valence electrons. The van der Waals surface area contributed by atoms with Gasteiger partial charge in [0.05, 0.1) is 16.8 Å². The number of carbonyl (C=O) groups is 1. The van der Waals surface area contributed by atoms with Crippen LogP contribution in [0.25, 0.3) is 26.3 Å². The van der Waals surface area contributed by atoms with Crippen LogP contribution >= 0.6 is 23.1 Å². The van der Waals surface area contributed by atoms with Crippen LogP contribution in [0.4, 0.5) is 0 Å². The summed E-state index contributed by atoms with van der Waals surface area (Å²) in [6.07, 6.45) is 0. The normalized spacial score (nSPS) is 11.1. The number of fused-ring (bicyclic) bond motifs is 1. The molecule has 0 fully saturated rings. The van der Waals surface area contributed by atoms with E-state index in [0.717, 1.165) is 21.7 Å². The van der Waals surface area contributed by atoms with Gasteiger partial charge in [-0.1, -0.05) is 60.3 Å². The van der Waals surface area contributed by atoms with Crippen molar-refractivity contribution in [1.29, 1.82) is 0 Å². The van der Waals surface area contributed by atoms with Crippen LogP contribution in [0.15, 0.2) is 70.6 Å². The minimum atomic E-state index is -0.0989. The molecule has 0 N–H and O–H groups in total. The Kier molecular flexibility index (Phi) is 5.15. The smallest absolute Gasteiger partial charge is 0.267 e. The number of thioether (sulfide) groups is 1. The van der Waals surface area contributed by atoms with E-state index in [-0.39, 0.29) is 17.1 Å². The minimum absolute atomic E-state index is 0.0475. The maximum Gasteiger partial charge on any atom is 0.267 e. The molecule has 28 heavy (non-hydrogen) atoms. The fourth-order valence-electron chi connectivity index (χ4n) is 3.10. The molecule has 6 heteroatoms. The van der Waals surface area contributed by atoms with Gasteiger partial charge in [0.1, 0.15) is 10.6 Å². The first-order valence-corrected chi connectivity index (χ1v) is 10.7. The van der Waals surface area contributed by atoms with Gasteiger partial charge in [-0.3, -0.25) is 14.2 Å². The molecular weight excluding hydrogens is 388 g/mol. The molecule has 0 atom stereocenters. The van der Waals surface area contributed by atoms with Crippen LogP contribution in [0.2, 0.25) is 0 Å². The zero-order valence-corrected chi connectivity index (χ0v) is 17.1. The number of hydrogen-bond donors (Lipinski definition) is 0. The maximum absolute atomic E-state index is 13.5. The van der Waals surface area contributed by atoms with E-state index >= 15 is 0 Å². The van der Waals surface area contributed by atoms with Crippen molar-refractivity contribution in [3.8, 4) is 16.1 Å². The van der Waals surface area contributed by atoms with Gasteiger partial charge in [-0.2, -0.15) is 0 Å². The predicted octanol–water partition coefficient (Wildman–Crippen LogP) is 5.10. The Labute approximate surface area is 170 Å². The second-order valence-electron chi connectivity index (χ2n) is 6.46. The van der Waals surface area contributed by atoms with Gasteiger partial charge in [0.25, 0.3) is 5.56 Å². The quantitative estimate of drug-likeness (QED) is 0.342. The van der Waals surface area contributed by atoms with E-state index in [1.165, 1.54) is 23.1 Å². The highest BCUT2D eigenvalue weighted by atomic mass is 32.2. The molecule has 4 aromatic rings. The van der Waals surface area contributed by atoms with Gasteiger partial charge in [-0.05, 0) is 37.1 Å². The van der Waals surface area contributed by atoms with Crippen molar-refractivity contribution in [3.63, 3.8) is 0 Å². The third-order valence-electron chi connectivity index (χ3n) is 4.39. The number of benzene rings is 2. The van der Waals surface area contributed by atoms with E-state index in [0.29, 0.717) is 15.4 Å². The molecule has 0 radical (unpaired) electrons. The SMILES string of the molecule is CC(=O)CSc1nc2sc(-c3ccccc3)c(C)c2c(=O)n1-c1ccccc1. The van der Waals surface area contributed by atoms with Crippen molar-refractivity contribution in [3.05, 3.63) is 76.6 Å². The molecule has 2 aromatic heterocycles. The van der Waals surface area contributed by atoms with E-state index in [9.17, 15) is 9.59 Å². The monoisotopic (exact) mass is 406 g/mol. The van der Waals surface area contributed by atoms with Crippen molar-refractivity contribution >= 4 is 39.1 Å². The number of nitrogens with zero attached hydrogens (tertiary/aromatic N) is 2. The van der Waals surface area contributed by atoms with Gasteiger partial charge < -0.3 is 0 Å². The molecule has 4 rings (SSSR count). The van der Waals surface area contributed by atoms with Gasteiger partial charge >= 0.3 is 0 Å². The summed E-state index contributed by atoms with van der Waals surface area (Å²) in [5.41, 5.74) is 2.67. The van der Waals surface area contributed by atoms with Crippen LogP contribution < -0.4 is 5.56 Å². The average Bonchev–Trinajstić information content (AvgIpc) is 3.04. The van der Waals surface area contributed by atoms with Gasteiger partial charge in [0, 0.05) is 4.88 Å². The molecule has 0 aliphatic rings. The van der Waals surface area contributed by atoms with Gasteiger partial charge in [0.2, 0.25) is 0 Å². The highest BCUT2D eigenvalue weighted by Crippen LogP contribution is 2.36. The van der Waals surface area contributed by atoms with Crippen LogP contribution in [-0.2, 0) is 4.79 Å². The fraction of sp³-hybridized carbons (Fsp3) is 0.136. The Morgan fingerprint density at radius 1 is 1.07 bits per heavy atom. The van der Waals surface area contributed by atoms with Crippen LogP contribution in [0, 0.1) is 6.92 Å². The Hall–Kier alpha value is -2.70. The summed E-state index contributed by atoms with van der Waals surface area (Å²) in [6, 6.07) is 19.5. The van der Waals surface area contributed by atoms with Gasteiger partial charge in [0.15, 0.2) is 5.16 Å². The highest BCUT2D eigenvalue weighted by Gasteiger charge is 2.20. The molecule has 0 bridgehead atoms. The first kappa shape index (κ1) is 18.7. The van der Waals surface area contributed by atoms with Crippen molar-refractivity contribution in [1.82, 2.24) is 9.55 Å². The summed E-state index contributed by atoms with van der Waals surface area (Å²) in [7, 11) is 0. The van der Waals surface area contributed by atoms with E-state index in [4.69, 9.17) is 4.98 Å².